The number of hydrogen-bond donors (Lipinski definition) is 0. The summed E-state index contributed by atoms with van der Waals surface area (Å²) in [6.45, 7) is 0.737. The summed E-state index contributed by atoms with van der Waals surface area (Å²) in [5.74, 6) is 0. The number of hydrogen-bond acceptors (Lipinski definition) is 0. The van der Waals surface area contributed by atoms with Gasteiger partial charge in [0, 0.05) is 6.54 Å². The van der Waals surface area contributed by atoms with Gasteiger partial charge in [-0.1, -0.05) is 0 Å². The van der Waals surface area contributed by atoms with Crippen LogP contribution >= 0.6 is 0 Å². The van der Waals surface area contributed by atoms with Crippen LogP contribution < -0.4 is 5.32 Å². The second-order valence-electron chi connectivity index (χ2n) is 1.84. The van der Waals surface area contributed by atoms with Gasteiger partial charge in [-0.25, -0.2) is 9.71 Å². The van der Waals surface area contributed by atoms with Gasteiger partial charge in [0.15, 0.2) is 6.30 Å². The molecule has 0 aromatic rings. The Hall–Kier alpha value is -0.110. The summed E-state index contributed by atoms with van der Waals surface area (Å²) in [6.07, 6.45) is 1.92. The zero-order chi connectivity index (χ0) is 5.11. The Morgan fingerprint density at radius 1 is 1.43 bits per heavy atom. The fourth-order valence-corrected chi connectivity index (χ4v) is 0.747. The van der Waals surface area contributed by atoms with E-state index < -0.39 is 6.30 Å². The van der Waals surface area contributed by atoms with Crippen LogP contribution in [0.1, 0.15) is 19.3 Å². The average molecular weight is 102 g/mol. The number of rotatable bonds is 0. The molecule has 0 aromatic carbocycles. The molecule has 1 saturated heterocycles. The van der Waals surface area contributed by atoms with Gasteiger partial charge in [0.05, 0.1) is 0 Å². The molecule has 1 heterocycles. The summed E-state index contributed by atoms with van der Waals surface area (Å²) < 4.78 is 12.0. The molecular weight excluding hydrogens is 93.1 g/mol. The van der Waals surface area contributed by atoms with Crippen LogP contribution in [0.3, 0.4) is 0 Å². The molecule has 7 heavy (non-hydrogen) atoms. The maximum Gasteiger partial charge on any atom is 0.166 e. The van der Waals surface area contributed by atoms with Crippen molar-refractivity contribution in [3.8, 4) is 0 Å². The lowest BCUT2D eigenvalue weighted by Gasteiger charge is -2.12. The predicted octanol–water partition coefficient (Wildman–Crippen LogP) is 1.07. The summed E-state index contributed by atoms with van der Waals surface area (Å²) >= 11 is 0. The topological polar surface area (TPSA) is 14.1 Å². The molecular formula is C5H9FN. The molecule has 1 atom stereocenters. The monoisotopic (exact) mass is 102 g/mol. The molecule has 1 radical (unpaired) electrons. The van der Waals surface area contributed by atoms with Crippen LogP contribution in [-0.2, 0) is 0 Å². The number of alkyl halides is 1. The van der Waals surface area contributed by atoms with Crippen molar-refractivity contribution in [1.29, 1.82) is 0 Å². The Labute approximate surface area is 42.9 Å². The van der Waals surface area contributed by atoms with E-state index in [0.29, 0.717) is 6.42 Å². The van der Waals surface area contributed by atoms with E-state index in [2.05, 4.69) is 5.32 Å². The summed E-state index contributed by atoms with van der Waals surface area (Å²) in [4.78, 5) is 0. The molecule has 2 heteroatoms. The van der Waals surface area contributed by atoms with E-state index in [1.165, 1.54) is 0 Å². The normalized spacial score (nSPS) is 33.0. The van der Waals surface area contributed by atoms with Crippen molar-refractivity contribution in [3.63, 3.8) is 0 Å². The molecule has 1 aliphatic rings. The SMILES string of the molecule is FC1CCCC[N]1. The second kappa shape index (κ2) is 2.26. The minimum absolute atomic E-state index is 0.653. The first-order valence-corrected chi connectivity index (χ1v) is 2.70. The van der Waals surface area contributed by atoms with Gasteiger partial charge in [0.1, 0.15) is 0 Å². The minimum atomic E-state index is -0.839. The Morgan fingerprint density at radius 2 is 2.29 bits per heavy atom. The highest BCUT2D eigenvalue weighted by atomic mass is 19.1. The lowest BCUT2D eigenvalue weighted by molar-refractivity contribution is 0.217. The van der Waals surface area contributed by atoms with Gasteiger partial charge < -0.3 is 0 Å². The van der Waals surface area contributed by atoms with Gasteiger partial charge in [0.25, 0.3) is 0 Å². The maximum atomic E-state index is 12.0. The van der Waals surface area contributed by atoms with E-state index in [-0.39, 0.29) is 0 Å². The van der Waals surface area contributed by atoms with Crippen LogP contribution in [0, 0.1) is 0 Å². The van der Waals surface area contributed by atoms with Crippen molar-refractivity contribution in [1.82, 2.24) is 5.32 Å². The molecule has 1 rings (SSSR count). The average Bonchev–Trinajstić information content (AvgIpc) is 1.69. The molecule has 41 valence electrons. The van der Waals surface area contributed by atoms with E-state index in [1.54, 1.807) is 0 Å². The van der Waals surface area contributed by atoms with Crippen molar-refractivity contribution in [2.24, 2.45) is 0 Å². The van der Waals surface area contributed by atoms with Crippen molar-refractivity contribution >= 4 is 0 Å². The quantitative estimate of drug-likeness (QED) is 0.406. The molecule has 0 aromatic heterocycles. The first-order chi connectivity index (χ1) is 3.39. The lowest BCUT2D eigenvalue weighted by atomic mass is 10.2. The summed E-state index contributed by atoms with van der Waals surface area (Å²) in [5, 5.41) is 3.66. The van der Waals surface area contributed by atoms with E-state index in [0.717, 1.165) is 19.4 Å². The van der Waals surface area contributed by atoms with Gasteiger partial charge in [-0.05, 0) is 19.3 Å². The number of piperidine rings is 1. The Balaban J connectivity index is 2.12. The first kappa shape index (κ1) is 5.04. The lowest BCUT2D eigenvalue weighted by Crippen LogP contribution is -2.22. The molecule has 1 nitrogen and oxygen atoms in total. The Kier molecular flexibility index (Phi) is 1.63. The molecule has 0 saturated carbocycles. The first-order valence-electron chi connectivity index (χ1n) is 2.70. The number of halogens is 1. The third-order valence-corrected chi connectivity index (χ3v) is 1.18. The van der Waals surface area contributed by atoms with Crippen LogP contribution in [-0.4, -0.2) is 12.8 Å². The Bertz CT molecular complexity index is 50.0. The third-order valence-electron chi connectivity index (χ3n) is 1.18. The fraction of sp³-hybridized carbons (Fsp3) is 1.00. The summed E-state index contributed by atoms with van der Waals surface area (Å²) in [7, 11) is 0. The second-order valence-corrected chi connectivity index (χ2v) is 1.84. The van der Waals surface area contributed by atoms with Crippen molar-refractivity contribution < 1.29 is 4.39 Å². The highest BCUT2D eigenvalue weighted by Gasteiger charge is 2.10. The minimum Gasteiger partial charge on any atom is -0.229 e. The number of nitrogens with zero attached hydrogens (tertiary/aromatic N) is 1. The smallest absolute Gasteiger partial charge is 0.166 e. The van der Waals surface area contributed by atoms with Gasteiger partial charge >= 0.3 is 0 Å². The highest BCUT2D eigenvalue weighted by Crippen LogP contribution is 2.07. The molecule has 0 bridgehead atoms. The molecule has 0 N–H and O–H groups in total. The predicted molar refractivity (Wildman–Crippen MR) is 25.7 cm³/mol. The maximum absolute atomic E-state index is 12.0. The summed E-state index contributed by atoms with van der Waals surface area (Å²) in [6, 6.07) is 0. The van der Waals surface area contributed by atoms with Crippen LogP contribution in [0.4, 0.5) is 4.39 Å². The van der Waals surface area contributed by atoms with E-state index in [9.17, 15) is 4.39 Å². The van der Waals surface area contributed by atoms with E-state index in [4.69, 9.17) is 0 Å². The molecule has 1 unspecified atom stereocenters. The van der Waals surface area contributed by atoms with Gasteiger partial charge in [0.2, 0.25) is 0 Å². The Morgan fingerprint density at radius 3 is 2.57 bits per heavy atom. The van der Waals surface area contributed by atoms with Crippen molar-refractivity contribution in [2.75, 3.05) is 6.54 Å². The largest absolute Gasteiger partial charge is 0.229 e. The highest BCUT2D eigenvalue weighted by molar-refractivity contribution is 4.60. The standard InChI is InChI=1S/C5H9FN/c6-5-3-1-2-4-7-5/h5H,1-4H2. The zero-order valence-corrected chi connectivity index (χ0v) is 4.23. The zero-order valence-electron chi connectivity index (χ0n) is 4.23. The van der Waals surface area contributed by atoms with E-state index >= 15 is 0 Å². The van der Waals surface area contributed by atoms with Gasteiger partial charge in [-0.3, -0.25) is 0 Å². The molecule has 1 fully saturated rings. The van der Waals surface area contributed by atoms with Gasteiger partial charge in [-0.15, -0.1) is 0 Å². The third kappa shape index (κ3) is 1.43. The van der Waals surface area contributed by atoms with Crippen LogP contribution in [0.2, 0.25) is 0 Å². The molecule has 0 aliphatic carbocycles. The fourth-order valence-electron chi connectivity index (χ4n) is 0.747. The van der Waals surface area contributed by atoms with Crippen LogP contribution in [0.25, 0.3) is 0 Å². The summed E-state index contributed by atoms with van der Waals surface area (Å²) in [5.41, 5.74) is 0. The van der Waals surface area contributed by atoms with E-state index in [1.807, 2.05) is 0 Å². The van der Waals surface area contributed by atoms with Crippen LogP contribution in [0.15, 0.2) is 0 Å². The van der Waals surface area contributed by atoms with Crippen molar-refractivity contribution in [2.45, 2.75) is 25.6 Å². The van der Waals surface area contributed by atoms with Gasteiger partial charge in [-0.2, -0.15) is 0 Å². The van der Waals surface area contributed by atoms with Crippen LogP contribution in [0.5, 0.6) is 0 Å². The molecule has 0 amide bonds. The molecule has 1 aliphatic heterocycles. The molecule has 0 spiro atoms. The van der Waals surface area contributed by atoms with Crippen molar-refractivity contribution in [3.05, 3.63) is 0 Å².